The molecule has 0 fully saturated rings. The first kappa shape index (κ1) is 15.4. The van der Waals surface area contributed by atoms with Gasteiger partial charge in [-0.25, -0.2) is 0 Å². The molecule has 0 radical (unpaired) electrons. The summed E-state index contributed by atoms with van der Waals surface area (Å²) in [5.74, 6) is 2.15. The van der Waals surface area contributed by atoms with Crippen LogP contribution in [0.4, 0.5) is 5.69 Å². The molecule has 1 aromatic carbocycles. The second-order valence-electron chi connectivity index (χ2n) is 5.39. The maximum atomic E-state index is 10.2. The van der Waals surface area contributed by atoms with E-state index in [4.69, 9.17) is 4.42 Å². The van der Waals surface area contributed by atoms with Crippen molar-refractivity contribution in [2.75, 3.05) is 18.5 Å². The number of aryl methyl sites for hydroxylation is 1. The standard InChI is InChI=1S/C17H24N2O2/c1-5-18-13(3)16-9-7-14(10-17(16)20)19(4)11-15-8-6-12(2)21-15/h6-10,13,18,20H,5,11H2,1-4H3. The van der Waals surface area contributed by atoms with Gasteiger partial charge in [-0.1, -0.05) is 13.0 Å². The number of nitrogens with one attached hydrogen (secondary N) is 1. The molecule has 2 aromatic rings. The van der Waals surface area contributed by atoms with Crippen LogP contribution < -0.4 is 10.2 Å². The Morgan fingerprint density at radius 1 is 1.29 bits per heavy atom. The summed E-state index contributed by atoms with van der Waals surface area (Å²) >= 11 is 0. The molecule has 114 valence electrons. The quantitative estimate of drug-likeness (QED) is 0.852. The molecule has 0 saturated carbocycles. The number of benzene rings is 1. The van der Waals surface area contributed by atoms with Gasteiger partial charge in [0, 0.05) is 30.4 Å². The van der Waals surface area contributed by atoms with E-state index in [1.54, 1.807) is 6.07 Å². The summed E-state index contributed by atoms with van der Waals surface area (Å²) in [5.41, 5.74) is 1.89. The SMILES string of the molecule is CCNC(C)c1ccc(N(C)Cc2ccc(C)o2)cc1O. The molecule has 0 saturated heterocycles. The van der Waals surface area contributed by atoms with Gasteiger partial charge in [-0.2, -0.15) is 0 Å². The van der Waals surface area contributed by atoms with E-state index in [1.165, 1.54) is 0 Å². The predicted octanol–water partition coefficient (Wildman–Crippen LogP) is 3.60. The number of aromatic hydroxyl groups is 1. The van der Waals surface area contributed by atoms with Crippen molar-refractivity contribution in [1.29, 1.82) is 0 Å². The Hall–Kier alpha value is -1.94. The minimum atomic E-state index is 0.141. The topological polar surface area (TPSA) is 48.6 Å². The summed E-state index contributed by atoms with van der Waals surface area (Å²) in [6.45, 7) is 7.59. The van der Waals surface area contributed by atoms with E-state index in [0.717, 1.165) is 29.3 Å². The van der Waals surface area contributed by atoms with Crippen LogP contribution in [0.25, 0.3) is 0 Å². The first-order valence-corrected chi connectivity index (χ1v) is 7.34. The first-order chi connectivity index (χ1) is 10.0. The van der Waals surface area contributed by atoms with Crippen molar-refractivity contribution >= 4 is 5.69 Å². The molecular formula is C17H24N2O2. The lowest BCUT2D eigenvalue weighted by atomic mass is 10.1. The molecule has 0 aliphatic heterocycles. The highest BCUT2D eigenvalue weighted by atomic mass is 16.3. The van der Waals surface area contributed by atoms with Gasteiger partial charge in [0.1, 0.15) is 17.3 Å². The number of furan rings is 1. The summed E-state index contributed by atoms with van der Waals surface area (Å²) in [6, 6.07) is 9.89. The Balaban J connectivity index is 2.11. The largest absolute Gasteiger partial charge is 0.508 e. The minimum absolute atomic E-state index is 0.141. The van der Waals surface area contributed by atoms with Crippen LogP contribution in [-0.4, -0.2) is 18.7 Å². The van der Waals surface area contributed by atoms with E-state index >= 15 is 0 Å². The van der Waals surface area contributed by atoms with Crippen LogP contribution >= 0.6 is 0 Å². The highest BCUT2D eigenvalue weighted by molar-refractivity contribution is 5.53. The zero-order valence-electron chi connectivity index (χ0n) is 13.2. The predicted molar refractivity (Wildman–Crippen MR) is 85.8 cm³/mol. The summed E-state index contributed by atoms with van der Waals surface area (Å²) in [4.78, 5) is 2.06. The highest BCUT2D eigenvalue weighted by Crippen LogP contribution is 2.29. The Bertz CT molecular complexity index is 592. The normalized spacial score (nSPS) is 12.4. The zero-order chi connectivity index (χ0) is 15.4. The third-order valence-electron chi connectivity index (χ3n) is 3.62. The lowest BCUT2D eigenvalue weighted by molar-refractivity contribution is 0.454. The fraction of sp³-hybridized carbons (Fsp3) is 0.412. The average molecular weight is 288 g/mol. The number of phenolic OH excluding ortho intramolecular Hbond substituents is 1. The van der Waals surface area contributed by atoms with Crippen LogP contribution in [0.2, 0.25) is 0 Å². The van der Waals surface area contributed by atoms with Gasteiger partial charge in [0.05, 0.1) is 6.54 Å². The maximum absolute atomic E-state index is 10.2. The number of hydrogen-bond donors (Lipinski definition) is 2. The molecule has 0 bridgehead atoms. The Kier molecular flexibility index (Phi) is 4.91. The number of phenols is 1. The molecule has 0 aliphatic rings. The van der Waals surface area contributed by atoms with Crippen LogP contribution in [0.3, 0.4) is 0 Å². The molecule has 1 atom stereocenters. The van der Waals surface area contributed by atoms with Gasteiger partial charge in [0.25, 0.3) is 0 Å². The summed E-state index contributed by atoms with van der Waals surface area (Å²) in [5, 5.41) is 13.5. The molecule has 2 N–H and O–H groups in total. The van der Waals surface area contributed by atoms with Gasteiger partial charge >= 0.3 is 0 Å². The molecule has 4 heteroatoms. The van der Waals surface area contributed by atoms with Crippen LogP contribution in [0, 0.1) is 6.92 Å². The van der Waals surface area contributed by atoms with Gasteiger partial charge in [-0.05, 0) is 38.6 Å². The molecular weight excluding hydrogens is 264 g/mol. The second kappa shape index (κ2) is 6.68. The summed E-state index contributed by atoms with van der Waals surface area (Å²) in [7, 11) is 1.99. The van der Waals surface area contributed by atoms with Gasteiger partial charge in [0.2, 0.25) is 0 Å². The third kappa shape index (κ3) is 3.79. The monoisotopic (exact) mass is 288 g/mol. The second-order valence-corrected chi connectivity index (χ2v) is 5.39. The molecule has 4 nitrogen and oxygen atoms in total. The van der Waals surface area contributed by atoms with Crippen molar-refractivity contribution in [2.24, 2.45) is 0 Å². The van der Waals surface area contributed by atoms with E-state index in [1.807, 2.05) is 45.2 Å². The van der Waals surface area contributed by atoms with E-state index in [0.29, 0.717) is 12.3 Å². The lowest BCUT2D eigenvalue weighted by Gasteiger charge is -2.20. The lowest BCUT2D eigenvalue weighted by Crippen LogP contribution is -2.19. The fourth-order valence-corrected chi connectivity index (χ4v) is 2.45. The van der Waals surface area contributed by atoms with Crippen LogP contribution in [0.15, 0.2) is 34.7 Å². The molecule has 0 amide bonds. The molecule has 2 rings (SSSR count). The Labute approximate surface area is 126 Å². The number of anilines is 1. The van der Waals surface area contributed by atoms with Gasteiger partial charge in [-0.3, -0.25) is 0 Å². The Morgan fingerprint density at radius 2 is 2.05 bits per heavy atom. The zero-order valence-corrected chi connectivity index (χ0v) is 13.2. The first-order valence-electron chi connectivity index (χ1n) is 7.34. The van der Waals surface area contributed by atoms with E-state index in [9.17, 15) is 5.11 Å². The molecule has 21 heavy (non-hydrogen) atoms. The number of nitrogens with zero attached hydrogens (tertiary/aromatic N) is 1. The van der Waals surface area contributed by atoms with E-state index < -0.39 is 0 Å². The molecule has 1 unspecified atom stereocenters. The minimum Gasteiger partial charge on any atom is -0.508 e. The van der Waals surface area contributed by atoms with Crippen molar-refractivity contribution in [3.63, 3.8) is 0 Å². The number of rotatable bonds is 6. The van der Waals surface area contributed by atoms with Crippen molar-refractivity contribution in [3.05, 3.63) is 47.4 Å². The van der Waals surface area contributed by atoms with Crippen LogP contribution in [-0.2, 0) is 6.54 Å². The fourth-order valence-electron chi connectivity index (χ4n) is 2.45. The smallest absolute Gasteiger partial charge is 0.123 e. The van der Waals surface area contributed by atoms with Crippen molar-refractivity contribution in [1.82, 2.24) is 5.32 Å². The van der Waals surface area contributed by atoms with Crippen molar-refractivity contribution in [3.8, 4) is 5.75 Å². The summed E-state index contributed by atoms with van der Waals surface area (Å²) < 4.78 is 5.59. The maximum Gasteiger partial charge on any atom is 0.123 e. The Morgan fingerprint density at radius 3 is 2.62 bits per heavy atom. The molecule has 1 heterocycles. The summed E-state index contributed by atoms with van der Waals surface area (Å²) in [6.07, 6.45) is 0. The van der Waals surface area contributed by atoms with Crippen LogP contribution in [0.1, 0.15) is 37.0 Å². The average Bonchev–Trinajstić information content (AvgIpc) is 2.84. The van der Waals surface area contributed by atoms with Crippen LogP contribution in [0.5, 0.6) is 5.75 Å². The molecule has 0 aliphatic carbocycles. The van der Waals surface area contributed by atoms with Gasteiger partial charge in [0.15, 0.2) is 0 Å². The van der Waals surface area contributed by atoms with Crippen molar-refractivity contribution in [2.45, 2.75) is 33.4 Å². The van der Waals surface area contributed by atoms with Gasteiger partial charge < -0.3 is 19.7 Å². The molecule has 1 aromatic heterocycles. The molecule has 0 spiro atoms. The van der Waals surface area contributed by atoms with E-state index in [-0.39, 0.29) is 6.04 Å². The third-order valence-corrected chi connectivity index (χ3v) is 3.62. The number of hydrogen-bond acceptors (Lipinski definition) is 4. The highest BCUT2D eigenvalue weighted by Gasteiger charge is 2.12. The van der Waals surface area contributed by atoms with Gasteiger partial charge in [-0.15, -0.1) is 0 Å². The van der Waals surface area contributed by atoms with Crippen molar-refractivity contribution < 1.29 is 9.52 Å². The van der Waals surface area contributed by atoms with E-state index in [2.05, 4.69) is 17.1 Å².